The molecule has 2 heterocycles. The van der Waals surface area contributed by atoms with Crippen LogP contribution in [0.4, 0.5) is 0 Å². The molecule has 0 spiro atoms. The number of nitrogens with two attached hydrogens (primary N) is 1. The van der Waals surface area contributed by atoms with Gasteiger partial charge in [0, 0.05) is 0 Å². The second-order valence-electron chi connectivity index (χ2n) is 4.24. The highest BCUT2D eigenvalue weighted by atomic mass is 32.1. The Labute approximate surface area is 120 Å². The van der Waals surface area contributed by atoms with Crippen molar-refractivity contribution < 1.29 is 4.74 Å². The van der Waals surface area contributed by atoms with E-state index in [0.717, 1.165) is 22.0 Å². The van der Waals surface area contributed by atoms with Gasteiger partial charge in [-0.15, -0.1) is 16.4 Å². The summed E-state index contributed by atoms with van der Waals surface area (Å²) >= 11 is 1.57. The van der Waals surface area contributed by atoms with Gasteiger partial charge in [0.1, 0.15) is 5.75 Å². The third-order valence-corrected chi connectivity index (χ3v) is 4.04. The first-order chi connectivity index (χ1) is 9.81. The largest absolute Gasteiger partial charge is 0.496 e. The van der Waals surface area contributed by atoms with E-state index in [9.17, 15) is 0 Å². The van der Waals surface area contributed by atoms with Crippen LogP contribution in [-0.2, 0) is 0 Å². The highest BCUT2D eigenvalue weighted by molar-refractivity contribution is 7.10. The van der Waals surface area contributed by atoms with E-state index in [-0.39, 0.29) is 6.04 Å². The number of rotatable bonds is 4. The fraction of sp³-hybridized carbons (Fsp3) is 0.143. The normalized spacial score (nSPS) is 12.3. The van der Waals surface area contributed by atoms with Crippen LogP contribution in [0.15, 0.2) is 48.0 Å². The Kier molecular flexibility index (Phi) is 3.49. The van der Waals surface area contributed by atoms with Crippen LogP contribution in [0.3, 0.4) is 0 Å². The van der Waals surface area contributed by atoms with Gasteiger partial charge in [-0.05, 0) is 23.6 Å². The maximum atomic E-state index is 6.35. The highest BCUT2D eigenvalue weighted by Gasteiger charge is 2.20. The van der Waals surface area contributed by atoms with Gasteiger partial charge in [0.15, 0.2) is 0 Å². The summed E-state index contributed by atoms with van der Waals surface area (Å²) in [5.41, 5.74) is 8.12. The molecule has 0 aliphatic carbocycles. The smallest absolute Gasteiger partial charge is 0.134 e. The van der Waals surface area contributed by atoms with Crippen molar-refractivity contribution in [2.24, 2.45) is 5.73 Å². The van der Waals surface area contributed by atoms with Crippen molar-refractivity contribution in [1.82, 2.24) is 15.0 Å². The Bertz CT molecular complexity index is 692. The molecule has 102 valence electrons. The number of thiophene rings is 1. The van der Waals surface area contributed by atoms with E-state index in [0.29, 0.717) is 0 Å². The Morgan fingerprint density at radius 1 is 1.25 bits per heavy atom. The van der Waals surface area contributed by atoms with Gasteiger partial charge >= 0.3 is 0 Å². The lowest BCUT2D eigenvalue weighted by atomic mass is 10.2. The fourth-order valence-corrected chi connectivity index (χ4v) is 2.94. The molecular formula is C14H14N4OS. The Morgan fingerprint density at radius 2 is 2.05 bits per heavy atom. The van der Waals surface area contributed by atoms with Crippen molar-refractivity contribution in [3.63, 3.8) is 0 Å². The standard InChI is InChI=1S/C14H14N4OS/c1-19-12-7-8-20-14(12)13(15)11-9-16-17-18(11)10-5-3-2-4-6-10/h2-9,13H,15H2,1H3. The number of hydrogen-bond acceptors (Lipinski definition) is 5. The number of benzene rings is 1. The van der Waals surface area contributed by atoms with Crippen LogP contribution >= 0.6 is 11.3 Å². The van der Waals surface area contributed by atoms with Gasteiger partial charge in [0.2, 0.25) is 0 Å². The number of para-hydroxylation sites is 1. The summed E-state index contributed by atoms with van der Waals surface area (Å²) in [7, 11) is 1.64. The first-order valence-electron chi connectivity index (χ1n) is 6.14. The minimum Gasteiger partial charge on any atom is -0.496 e. The van der Waals surface area contributed by atoms with Crippen LogP contribution in [0.25, 0.3) is 5.69 Å². The molecule has 1 aromatic carbocycles. The molecule has 2 aromatic heterocycles. The highest BCUT2D eigenvalue weighted by Crippen LogP contribution is 2.33. The molecule has 2 N–H and O–H groups in total. The predicted octanol–water partition coefficient (Wildman–Crippen LogP) is 2.39. The number of nitrogens with zero attached hydrogens (tertiary/aromatic N) is 3. The maximum Gasteiger partial charge on any atom is 0.134 e. The molecule has 6 heteroatoms. The molecule has 3 rings (SSSR count). The third kappa shape index (κ3) is 2.19. The van der Waals surface area contributed by atoms with Crippen LogP contribution in [0.2, 0.25) is 0 Å². The van der Waals surface area contributed by atoms with Crippen LogP contribution in [0.5, 0.6) is 5.75 Å². The van der Waals surface area contributed by atoms with Crippen molar-refractivity contribution in [2.75, 3.05) is 7.11 Å². The van der Waals surface area contributed by atoms with Crippen molar-refractivity contribution in [3.05, 3.63) is 58.5 Å². The molecule has 0 saturated carbocycles. The molecule has 0 bridgehead atoms. The van der Waals surface area contributed by atoms with E-state index in [4.69, 9.17) is 10.5 Å². The lowest BCUT2D eigenvalue weighted by Gasteiger charge is -2.13. The Morgan fingerprint density at radius 3 is 2.80 bits per heavy atom. The average Bonchev–Trinajstić information content (AvgIpc) is 3.16. The zero-order valence-electron chi connectivity index (χ0n) is 10.9. The molecule has 0 aliphatic rings. The summed E-state index contributed by atoms with van der Waals surface area (Å²) in [5.74, 6) is 0.795. The third-order valence-electron chi connectivity index (χ3n) is 3.05. The monoisotopic (exact) mass is 286 g/mol. The number of methoxy groups -OCH3 is 1. The van der Waals surface area contributed by atoms with Gasteiger partial charge in [-0.25, -0.2) is 4.68 Å². The van der Waals surface area contributed by atoms with Crippen molar-refractivity contribution >= 4 is 11.3 Å². The zero-order chi connectivity index (χ0) is 13.9. The molecule has 3 aromatic rings. The molecular weight excluding hydrogens is 272 g/mol. The lowest BCUT2D eigenvalue weighted by molar-refractivity contribution is 0.410. The van der Waals surface area contributed by atoms with Crippen LogP contribution < -0.4 is 10.5 Å². The van der Waals surface area contributed by atoms with E-state index in [1.165, 1.54) is 0 Å². The van der Waals surface area contributed by atoms with Crippen LogP contribution in [-0.4, -0.2) is 22.1 Å². The number of hydrogen-bond donors (Lipinski definition) is 1. The summed E-state index contributed by atoms with van der Waals surface area (Å²) in [5, 5.41) is 10.1. The first-order valence-corrected chi connectivity index (χ1v) is 7.02. The number of aromatic nitrogens is 3. The molecule has 0 amide bonds. The Hall–Kier alpha value is -2.18. The van der Waals surface area contributed by atoms with Gasteiger partial charge in [0.05, 0.1) is 35.6 Å². The SMILES string of the molecule is COc1ccsc1C(N)c1cnnn1-c1ccccc1. The number of ether oxygens (including phenoxy) is 1. The minimum absolute atomic E-state index is 0.319. The minimum atomic E-state index is -0.319. The molecule has 0 radical (unpaired) electrons. The molecule has 20 heavy (non-hydrogen) atoms. The second kappa shape index (κ2) is 5.44. The average molecular weight is 286 g/mol. The molecule has 5 nitrogen and oxygen atoms in total. The van der Waals surface area contributed by atoms with E-state index in [1.807, 2.05) is 41.8 Å². The molecule has 0 aliphatic heterocycles. The van der Waals surface area contributed by atoms with Gasteiger partial charge in [-0.1, -0.05) is 23.4 Å². The summed E-state index contributed by atoms with van der Waals surface area (Å²) in [6.07, 6.45) is 1.69. The summed E-state index contributed by atoms with van der Waals surface area (Å²) < 4.78 is 7.08. The summed E-state index contributed by atoms with van der Waals surface area (Å²) in [6, 6.07) is 11.4. The van der Waals surface area contributed by atoms with Crippen molar-refractivity contribution in [2.45, 2.75) is 6.04 Å². The molecule has 0 fully saturated rings. The van der Waals surface area contributed by atoms with Crippen molar-refractivity contribution in [3.8, 4) is 11.4 Å². The van der Waals surface area contributed by atoms with Crippen molar-refractivity contribution in [1.29, 1.82) is 0 Å². The van der Waals surface area contributed by atoms with Gasteiger partial charge in [0.25, 0.3) is 0 Å². The van der Waals surface area contributed by atoms with Crippen LogP contribution in [0.1, 0.15) is 16.6 Å². The zero-order valence-corrected chi connectivity index (χ0v) is 11.7. The quantitative estimate of drug-likeness (QED) is 0.799. The van der Waals surface area contributed by atoms with Gasteiger partial charge in [-0.2, -0.15) is 0 Å². The fourth-order valence-electron chi connectivity index (χ4n) is 2.06. The van der Waals surface area contributed by atoms with E-state index in [2.05, 4.69) is 10.3 Å². The first kappa shape index (κ1) is 12.8. The summed E-state index contributed by atoms with van der Waals surface area (Å²) in [4.78, 5) is 0.965. The maximum absolute atomic E-state index is 6.35. The predicted molar refractivity (Wildman–Crippen MR) is 78.3 cm³/mol. The van der Waals surface area contributed by atoms with Crippen LogP contribution in [0, 0.1) is 0 Å². The summed E-state index contributed by atoms with van der Waals surface area (Å²) in [6.45, 7) is 0. The molecule has 1 unspecified atom stereocenters. The Balaban J connectivity index is 2.02. The van der Waals surface area contributed by atoms with E-state index < -0.39 is 0 Å². The van der Waals surface area contributed by atoms with E-state index >= 15 is 0 Å². The molecule has 0 saturated heterocycles. The van der Waals surface area contributed by atoms with Gasteiger partial charge in [-0.3, -0.25) is 0 Å². The lowest BCUT2D eigenvalue weighted by Crippen LogP contribution is -2.16. The van der Waals surface area contributed by atoms with Gasteiger partial charge < -0.3 is 10.5 Å². The molecule has 1 atom stereocenters. The second-order valence-corrected chi connectivity index (χ2v) is 5.18. The van der Waals surface area contributed by atoms with E-state index in [1.54, 1.807) is 29.3 Å². The topological polar surface area (TPSA) is 66.0 Å².